The number of aryl methyl sites for hydroxylation is 1. The first kappa shape index (κ1) is 12.1. The van der Waals surface area contributed by atoms with Crippen LogP contribution < -0.4 is 5.73 Å². The Morgan fingerprint density at radius 1 is 1.33 bits per heavy atom. The average molecular weight is 225 g/mol. The van der Waals surface area contributed by atoms with Gasteiger partial charge < -0.3 is 5.73 Å². The largest absolute Gasteiger partial charge is 0.387 e. The summed E-state index contributed by atoms with van der Waals surface area (Å²) in [6, 6.07) is 5.62. The van der Waals surface area contributed by atoms with Gasteiger partial charge in [-0.15, -0.1) is 0 Å². The van der Waals surface area contributed by atoms with E-state index in [1.54, 1.807) is 0 Å². The summed E-state index contributed by atoms with van der Waals surface area (Å²) in [5.41, 5.74) is 7.71. The van der Waals surface area contributed by atoms with Gasteiger partial charge in [-0.25, -0.2) is 4.99 Å². The summed E-state index contributed by atoms with van der Waals surface area (Å²) in [6.07, 6.45) is 0. The normalized spacial score (nSPS) is 13.0. The van der Waals surface area contributed by atoms with Gasteiger partial charge in [0.1, 0.15) is 5.84 Å². The van der Waals surface area contributed by atoms with Crippen LogP contribution in [0.4, 0.5) is 5.69 Å². The first-order chi connectivity index (χ1) is 6.80. The summed E-state index contributed by atoms with van der Waals surface area (Å²) in [5, 5.41) is 0.682. The van der Waals surface area contributed by atoms with E-state index in [1.807, 2.05) is 45.9 Å². The maximum atomic E-state index is 5.91. The van der Waals surface area contributed by atoms with Crippen LogP contribution in [-0.4, -0.2) is 5.84 Å². The maximum Gasteiger partial charge on any atom is 0.105 e. The standard InChI is InChI=1S/C12H17ClN2/c1-8-5-6-9(13)7-10(8)15-11(14)12(2,3)4/h5-7H,1-4H3,(H2,14,15). The molecule has 1 rings (SSSR count). The molecule has 1 aromatic carbocycles. The molecule has 0 saturated heterocycles. The van der Waals surface area contributed by atoms with Gasteiger partial charge in [-0.05, 0) is 24.6 Å². The van der Waals surface area contributed by atoms with Crippen LogP contribution in [-0.2, 0) is 0 Å². The van der Waals surface area contributed by atoms with Crippen LogP contribution in [0.25, 0.3) is 0 Å². The van der Waals surface area contributed by atoms with Gasteiger partial charge in [0.2, 0.25) is 0 Å². The molecule has 3 heteroatoms. The minimum Gasteiger partial charge on any atom is -0.387 e. The monoisotopic (exact) mass is 224 g/mol. The van der Waals surface area contributed by atoms with E-state index in [1.165, 1.54) is 0 Å². The van der Waals surface area contributed by atoms with E-state index >= 15 is 0 Å². The molecule has 0 unspecified atom stereocenters. The van der Waals surface area contributed by atoms with E-state index in [2.05, 4.69) is 4.99 Å². The molecule has 0 atom stereocenters. The first-order valence-corrected chi connectivity index (χ1v) is 5.29. The van der Waals surface area contributed by atoms with Crippen molar-refractivity contribution in [3.05, 3.63) is 28.8 Å². The van der Waals surface area contributed by atoms with Crippen LogP contribution in [0, 0.1) is 12.3 Å². The molecule has 82 valence electrons. The van der Waals surface area contributed by atoms with Gasteiger partial charge in [0.25, 0.3) is 0 Å². The Bertz CT molecular complexity index is 389. The summed E-state index contributed by atoms with van der Waals surface area (Å²) in [6.45, 7) is 8.09. The van der Waals surface area contributed by atoms with Crippen LogP contribution >= 0.6 is 11.6 Å². The molecule has 0 aliphatic rings. The van der Waals surface area contributed by atoms with Crippen LogP contribution in [0.1, 0.15) is 26.3 Å². The Balaban J connectivity index is 3.13. The fraction of sp³-hybridized carbons (Fsp3) is 0.417. The highest BCUT2D eigenvalue weighted by Crippen LogP contribution is 2.25. The highest BCUT2D eigenvalue weighted by atomic mass is 35.5. The summed E-state index contributed by atoms with van der Waals surface area (Å²) in [4.78, 5) is 4.40. The van der Waals surface area contributed by atoms with Crippen molar-refractivity contribution in [1.82, 2.24) is 0 Å². The molecule has 0 aromatic heterocycles. The third-order valence-electron chi connectivity index (χ3n) is 2.18. The molecule has 0 bridgehead atoms. The molecule has 15 heavy (non-hydrogen) atoms. The molecule has 2 N–H and O–H groups in total. The van der Waals surface area contributed by atoms with Crippen LogP contribution in [0.5, 0.6) is 0 Å². The predicted molar refractivity (Wildman–Crippen MR) is 66.9 cm³/mol. The lowest BCUT2D eigenvalue weighted by atomic mass is 9.95. The molecule has 0 saturated carbocycles. The smallest absolute Gasteiger partial charge is 0.105 e. The topological polar surface area (TPSA) is 38.4 Å². The van der Waals surface area contributed by atoms with Gasteiger partial charge in [-0.3, -0.25) is 0 Å². The van der Waals surface area contributed by atoms with Gasteiger partial charge >= 0.3 is 0 Å². The van der Waals surface area contributed by atoms with E-state index < -0.39 is 0 Å². The molecule has 0 amide bonds. The zero-order valence-corrected chi connectivity index (χ0v) is 10.4. The van der Waals surface area contributed by atoms with Gasteiger partial charge in [0, 0.05) is 10.4 Å². The lowest BCUT2D eigenvalue weighted by Gasteiger charge is -2.17. The second-order valence-corrected chi connectivity index (χ2v) is 5.11. The van der Waals surface area contributed by atoms with Crippen molar-refractivity contribution in [2.75, 3.05) is 0 Å². The van der Waals surface area contributed by atoms with Crippen molar-refractivity contribution in [1.29, 1.82) is 0 Å². The van der Waals surface area contributed by atoms with E-state index in [4.69, 9.17) is 17.3 Å². The number of nitrogens with zero attached hydrogens (tertiary/aromatic N) is 1. The Hall–Kier alpha value is -1.02. The zero-order chi connectivity index (χ0) is 11.6. The fourth-order valence-corrected chi connectivity index (χ4v) is 1.17. The number of aliphatic imine (C=N–C) groups is 1. The summed E-state index contributed by atoms with van der Waals surface area (Å²) >= 11 is 5.90. The summed E-state index contributed by atoms with van der Waals surface area (Å²) < 4.78 is 0. The van der Waals surface area contributed by atoms with Crippen molar-refractivity contribution >= 4 is 23.1 Å². The summed E-state index contributed by atoms with van der Waals surface area (Å²) in [5.74, 6) is 0.618. The number of hydrogen-bond acceptors (Lipinski definition) is 1. The van der Waals surface area contributed by atoms with E-state index in [0.29, 0.717) is 10.9 Å². The van der Waals surface area contributed by atoms with Crippen molar-refractivity contribution < 1.29 is 0 Å². The Morgan fingerprint density at radius 3 is 2.47 bits per heavy atom. The zero-order valence-electron chi connectivity index (χ0n) is 9.63. The van der Waals surface area contributed by atoms with E-state index in [-0.39, 0.29) is 5.41 Å². The van der Waals surface area contributed by atoms with Crippen molar-refractivity contribution in [3.63, 3.8) is 0 Å². The SMILES string of the molecule is Cc1ccc(Cl)cc1N=C(N)C(C)(C)C. The van der Waals surface area contributed by atoms with Gasteiger partial charge in [-0.2, -0.15) is 0 Å². The molecule has 0 spiro atoms. The Morgan fingerprint density at radius 2 is 1.93 bits per heavy atom. The first-order valence-electron chi connectivity index (χ1n) is 4.91. The van der Waals surface area contributed by atoms with Crippen molar-refractivity contribution in [3.8, 4) is 0 Å². The van der Waals surface area contributed by atoms with Gasteiger partial charge in [0.15, 0.2) is 0 Å². The molecule has 1 aromatic rings. The highest BCUT2D eigenvalue weighted by Gasteiger charge is 2.15. The molecule has 0 aliphatic heterocycles. The third kappa shape index (κ3) is 3.24. The third-order valence-corrected chi connectivity index (χ3v) is 2.42. The number of halogens is 1. The van der Waals surface area contributed by atoms with E-state index in [0.717, 1.165) is 11.3 Å². The van der Waals surface area contributed by atoms with Crippen molar-refractivity contribution in [2.45, 2.75) is 27.7 Å². The molecule has 0 radical (unpaired) electrons. The molecular weight excluding hydrogens is 208 g/mol. The second-order valence-electron chi connectivity index (χ2n) is 4.68. The van der Waals surface area contributed by atoms with Crippen LogP contribution in [0.2, 0.25) is 5.02 Å². The number of rotatable bonds is 1. The lowest BCUT2D eigenvalue weighted by molar-refractivity contribution is 0.585. The average Bonchev–Trinajstić information content (AvgIpc) is 2.09. The van der Waals surface area contributed by atoms with Gasteiger partial charge in [0.05, 0.1) is 5.69 Å². The second kappa shape index (κ2) is 4.23. The minimum absolute atomic E-state index is 0.116. The Labute approximate surface area is 96.2 Å². The number of benzene rings is 1. The predicted octanol–water partition coefficient (Wildman–Crippen LogP) is 3.68. The maximum absolute atomic E-state index is 5.91. The number of nitrogens with two attached hydrogens (primary N) is 1. The molecule has 0 heterocycles. The van der Waals surface area contributed by atoms with Crippen LogP contribution in [0.15, 0.2) is 23.2 Å². The summed E-state index contributed by atoms with van der Waals surface area (Å²) in [7, 11) is 0. The van der Waals surface area contributed by atoms with E-state index in [9.17, 15) is 0 Å². The quantitative estimate of drug-likeness (QED) is 0.574. The van der Waals surface area contributed by atoms with Gasteiger partial charge in [-0.1, -0.05) is 38.4 Å². The number of hydrogen-bond donors (Lipinski definition) is 1. The molecule has 2 nitrogen and oxygen atoms in total. The van der Waals surface area contributed by atoms with Crippen molar-refractivity contribution in [2.24, 2.45) is 16.1 Å². The van der Waals surface area contributed by atoms with Crippen LogP contribution in [0.3, 0.4) is 0 Å². The lowest BCUT2D eigenvalue weighted by Crippen LogP contribution is -2.28. The minimum atomic E-state index is -0.116. The molecule has 0 fully saturated rings. The molecule has 0 aliphatic carbocycles. The molecular formula is C12H17ClN2. The fourth-order valence-electron chi connectivity index (χ4n) is 1.00. The number of amidine groups is 1. The highest BCUT2D eigenvalue weighted by molar-refractivity contribution is 6.30. The Kier molecular flexibility index (Phi) is 3.40.